The Bertz CT molecular complexity index is 946. The highest BCUT2D eigenvalue weighted by Gasteiger charge is 2.27. The molecule has 4 rings (SSSR count). The zero-order valence-electron chi connectivity index (χ0n) is 20.3. The fourth-order valence-electron chi connectivity index (χ4n) is 4.66. The minimum absolute atomic E-state index is 0.0194. The number of aryl methyl sites for hydroxylation is 1. The van der Waals surface area contributed by atoms with Gasteiger partial charge in [-0.3, -0.25) is 9.69 Å². The zero-order chi connectivity index (χ0) is 23.9. The third-order valence-corrected chi connectivity index (χ3v) is 6.89. The molecular formula is C25H36N6O3. The van der Waals surface area contributed by atoms with Crippen molar-refractivity contribution in [3.63, 3.8) is 0 Å². The van der Waals surface area contributed by atoms with Crippen LogP contribution in [0.3, 0.4) is 0 Å². The van der Waals surface area contributed by atoms with Crippen molar-refractivity contribution >= 4 is 11.9 Å². The summed E-state index contributed by atoms with van der Waals surface area (Å²) < 4.78 is 5.54. The van der Waals surface area contributed by atoms with Crippen molar-refractivity contribution in [2.75, 3.05) is 32.7 Å². The highest BCUT2D eigenvalue weighted by atomic mass is 16.5. The van der Waals surface area contributed by atoms with Gasteiger partial charge >= 0.3 is 6.03 Å². The molecule has 9 nitrogen and oxygen atoms in total. The molecule has 1 unspecified atom stereocenters. The number of aromatic nitrogens is 2. The Balaban J connectivity index is 1.18. The van der Waals surface area contributed by atoms with Gasteiger partial charge in [-0.1, -0.05) is 54.2 Å². The van der Waals surface area contributed by atoms with E-state index < -0.39 is 0 Å². The normalized spacial score (nSPS) is 18.5. The summed E-state index contributed by atoms with van der Waals surface area (Å²) in [6, 6.07) is 8.14. The Hall–Kier alpha value is -2.94. The SMILES string of the molecule is Cc1ccc(-c2noc(C(C)N3CCN(C(=O)CCNC(=O)NC4CCCCC4)CC3)n2)cc1. The van der Waals surface area contributed by atoms with Crippen LogP contribution in [0.4, 0.5) is 4.79 Å². The lowest BCUT2D eigenvalue weighted by Crippen LogP contribution is -2.50. The number of nitrogens with zero attached hydrogens (tertiary/aromatic N) is 4. The van der Waals surface area contributed by atoms with Crippen LogP contribution in [0, 0.1) is 6.92 Å². The molecule has 184 valence electrons. The van der Waals surface area contributed by atoms with Gasteiger partial charge in [0, 0.05) is 50.7 Å². The molecule has 9 heteroatoms. The number of carbonyl (C=O) groups is 2. The fourth-order valence-corrected chi connectivity index (χ4v) is 4.66. The molecule has 1 atom stereocenters. The molecule has 2 aromatic rings. The minimum atomic E-state index is -0.164. The molecule has 3 amide bonds. The first-order valence-corrected chi connectivity index (χ1v) is 12.5. The van der Waals surface area contributed by atoms with Crippen LogP contribution in [0.5, 0.6) is 0 Å². The Kier molecular flexibility index (Phi) is 8.16. The number of urea groups is 1. The van der Waals surface area contributed by atoms with E-state index in [9.17, 15) is 9.59 Å². The van der Waals surface area contributed by atoms with Crippen LogP contribution in [0.1, 0.15) is 62.9 Å². The van der Waals surface area contributed by atoms with Crippen molar-refractivity contribution in [1.82, 2.24) is 30.6 Å². The smallest absolute Gasteiger partial charge is 0.315 e. The van der Waals surface area contributed by atoms with E-state index in [1.165, 1.54) is 24.8 Å². The van der Waals surface area contributed by atoms with Crippen LogP contribution < -0.4 is 10.6 Å². The van der Waals surface area contributed by atoms with E-state index in [-0.39, 0.29) is 24.0 Å². The van der Waals surface area contributed by atoms with Crippen molar-refractivity contribution in [2.24, 2.45) is 0 Å². The predicted molar refractivity (Wildman–Crippen MR) is 129 cm³/mol. The molecule has 2 N–H and O–H groups in total. The van der Waals surface area contributed by atoms with Gasteiger partial charge in [0.25, 0.3) is 0 Å². The van der Waals surface area contributed by atoms with Gasteiger partial charge in [0.2, 0.25) is 17.6 Å². The van der Waals surface area contributed by atoms with Gasteiger partial charge in [0.05, 0.1) is 6.04 Å². The van der Waals surface area contributed by atoms with Crippen LogP contribution in [0.15, 0.2) is 28.8 Å². The number of carbonyl (C=O) groups excluding carboxylic acids is 2. The molecule has 1 saturated carbocycles. The number of nitrogens with one attached hydrogen (secondary N) is 2. The average Bonchev–Trinajstić information content (AvgIpc) is 3.35. The second-order valence-corrected chi connectivity index (χ2v) is 9.40. The molecule has 2 heterocycles. The maximum absolute atomic E-state index is 12.6. The van der Waals surface area contributed by atoms with Crippen LogP contribution in [0.2, 0.25) is 0 Å². The van der Waals surface area contributed by atoms with Crippen molar-refractivity contribution in [1.29, 1.82) is 0 Å². The lowest BCUT2D eigenvalue weighted by atomic mass is 9.96. The number of benzene rings is 1. The quantitative estimate of drug-likeness (QED) is 0.646. The van der Waals surface area contributed by atoms with Gasteiger partial charge < -0.3 is 20.1 Å². The number of amides is 3. The van der Waals surface area contributed by atoms with Gasteiger partial charge in [-0.2, -0.15) is 4.98 Å². The predicted octanol–water partition coefficient (Wildman–Crippen LogP) is 3.27. The molecule has 2 aliphatic rings. The van der Waals surface area contributed by atoms with Crippen LogP contribution in [-0.2, 0) is 4.79 Å². The van der Waals surface area contributed by atoms with Gasteiger partial charge in [0.1, 0.15) is 0 Å². The summed E-state index contributed by atoms with van der Waals surface area (Å²) in [4.78, 5) is 33.4. The van der Waals surface area contributed by atoms with Crippen molar-refractivity contribution in [2.45, 2.75) is 64.5 Å². The maximum Gasteiger partial charge on any atom is 0.315 e. The summed E-state index contributed by atoms with van der Waals surface area (Å²) in [5, 5.41) is 9.99. The van der Waals surface area contributed by atoms with Gasteiger partial charge in [-0.15, -0.1) is 0 Å². The molecule has 0 spiro atoms. The van der Waals surface area contributed by atoms with E-state index in [4.69, 9.17) is 4.52 Å². The number of hydrogen-bond acceptors (Lipinski definition) is 6. The second kappa shape index (κ2) is 11.5. The summed E-state index contributed by atoms with van der Waals surface area (Å²) in [5.41, 5.74) is 2.12. The van der Waals surface area contributed by atoms with Crippen molar-refractivity contribution < 1.29 is 14.1 Å². The first kappa shape index (κ1) is 24.2. The van der Waals surface area contributed by atoms with Gasteiger partial charge in [-0.05, 0) is 26.7 Å². The zero-order valence-corrected chi connectivity index (χ0v) is 20.3. The van der Waals surface area contributed by atoms with E-state index in [1.807, 2.05) is 36.1 Å². The minimum Gasteiger partial charge on any atom is -0.340 e. The lowest BCUT2D eigenvalue weighted by Gasteiger charge is -2.36. The highest BCUT2D eigenvalue weighted by Crippen LogP contribution is 2.24. The summed E-state index contributed by atoms with van der Waals surface area (Å²) in [6.45, 7) is 7.24. The first-order valence-electron chi connectivity index (χ1n) is 12.5. The Morgan fingerprint density at radius 2 is 1.79 bits per heavy atom. The highest BCUT2D eigenvalue weighted by molar-refractivity contribution is 5.78. The fraction of sp³-hybridized carbons (Fsp3) is 0.600. The summed E-state index contributed by atoms with van der Waals surface area (Å²) in [6.07, 6.45) is 6.02. The van der Waals surface area contributed by atoms with E-state index >= 15 is 0 Å². The Morgan fingerprint density at radius 1 is 1.09 bits per heavy atom. The monoisotopic (exact) mass is 468 g/mol. The number of hydrogen-bond donors (Lipinski definition) is 2. The van der Waals surface area contributed by atoms with Crippen LogP contribution in [-0.4, -0.2) is 70.6 Å². The number of piperazine rings is 1. The Labute approximate surface area is 201 Å². The van der Waals surface area contributed by atoms with E-state index in [0.717, 1.165) is 31.5 Å². The molecular weight excluding hydrogens is 432 g/mol. The largest absolute Gasteiger partial charge is 0.340 e. The van der Waals surface area contributed by atoms with Gasteiger partial charge in [-0.25, -0.2) is 4.79 Å². The van der Waals surface area contributed by atoms with E-state index in [2.05, 4.69) is 32.6 Å². The van der Waals surface area contributed by atoms with E-state index in [1.54, 1.807) is 0 Å². The summed E-state index contributed by atoms with van der Waals surface area (Å²) in [7, 11) is 0. The molecule has 34 heavy (non-hydrogen) atoms. The van der Waals surface area contributed by atoms with Crippen LogP contribution >= 0.6 is 0 Å². The third-order valence-electron chi connectivity index (χ3n) is 6.89. The molecule has 1 aliphatic heterocycles. The molecule has 1 aliphatic carbocycles. The third kappa shape index (κ3) is 6.34. The summed E-state index contributed by atoms with van der Waals surface area (Å²) in [5.74, 6) is 1.25. The summed E-state index contributed by atoms with van der Waals surface area (Å²) >= 11 is 0. The molecule has 1 saturated heterocycles. The van der Waals surface area contributed by atoms with Crippen LogP contribution in [0.25, 0.3) is 11.4 Å². The standard InChI is InChI=1S/C25H36N6O3/c1-18-8-10-20(11-9-18)23-28-24(34-29-23)19(2)30-14-16-31(17-15-30)22(32)12-13-26-25(33)27-21-6-4-3-5-7-21/h8-11,19,21H,3-7,12-17H2,1-2H3,(H2,26,27,33). The molecule has 0 radical (unpaired) electrons. The molecule has 2 fully saturated rings. The first-order chi connectivity index (χ1) is 16.5. The lowest BCUT2D eigenvalue weighted by molar-refractivity contribution is -0.133. The molecule has 0 bridgehead atoms. The number of rotatable bonds is 7. The Morgan fingerprint density at radius 3 is 2.50 bits per heavy atom. The maximum atomic E-state index is 12.6. The van der Waals surface area contributed by atoms with Crippen molar-refractivity contribution in [3.8, 4) is 11.4 Å². The molecule has 1 aromatic heterocycles. The second-order valence-electron chi connectivity index (χ2n) is 9.40. The van der Waals surface area contributed by atoms with E-state index in [0.29, 0.717) is 37.8 Å². The van der Waals surface area contributed by atoms with Crippen molar-refractivity contribution in [3.05, 3.63) is 35.7 Å². The topological polar surface area (TPSA) is 104 Å². The average molecular weight is 469 g/mol. The van der Waals surface area contributed by atoms with Gasteiger partial charge in [0.15, 0.2) is 0 Å². The molecule has 1 aromatic carbocycles.